The lowest BCUT2D eigenvalue weighted by atomic mass is 10.0. The average molecular weight is 461 g/mol. The normalized spacial score (nSPS) is 14.4. The summed E-state index contributed by atoms with van der Waals surface area (Å²) < 4.78 is 13.0. The summed E-state index contributed by atoms with van der Waals surface area (Å²) in [5, 5.41) is 8.69. The third-order valence-electron chi connectivity index (χ3n) is 5.94. The van der Waals surface area contributed by atoms with Crippen LogP contribution in [0, 0.1) is 5.82 Å². The maximum absolute atomic E-state index is 13.0. The maximum atomic E-state index is 13.0. The summed E-state index contributed by atoms with van der Waals surface area (Å²) in [6.07, 6.45) is 1.82. The molecule has 0 unspecified atom stereocenters. The molecule has 176 valence electrons. The number of carbonyl (C=O) groups is 2. The van der Waals surface area contributed by atoms with Gasteiger partial charge in [-0.3, -0.25) is 9.69 Å². The first-order valence-corrected chi connectivity index (χ1v) is 11.5. The van der Waals surface area contributed by atoms with Crippen molar-refractivity contribution >= 4 is 17.6 Å². The number of hydrogen-bond donors (Lipinski definition) is 3. The van der Waals surface area contributed by atoms with Crippen molar-refractivity contribution in [3.63, 3.8) is 0 Å². The van der Waals surface area contributed by atoms with Crippen LogP contribution in [0.1, 0.15) is 34.3 Å². The molecule has 1 aliphatic heterocycles. The Hall–Kier alpha value is -3.71. The molecule has 3 amide bonds. The zero-order valence-electron chi connectivity index (χ0n) is 19.0. The van der Waals surface area contributed by atoms with Crippen molar-refractivity contribution in [1.29, 1.82) is 0 Å². The number of carbonyl (C=O) groups excluding carboxylic acids is 2. The van der Waals surface area contributed by atoms with Gasteiger partial charge >= 0.3 is 6.03 Å². The van der Waals surface area contributed by atoms with Gasteiger partial charge in [0, 0.05) is 43.5 Å². The number of amides is 3. The minimum absolute atomic E-state index is 0.142. The van der Waals surface area contributed by atoms with Crippen molar-refractivity contribution in [2.75, 3.05) is 18.4 Å². The Balaban J connectivity index is 1.18. The second kappa shape index (κ2) is 11.4. The number of nitrogens with one attached hydrogen (secondary N) is 3. The van der Waals surface area contributed by atoms with Gasteiger partial charge in [0.25, 0.3) is 5.91 Å². The minimum atomic E-state index is -0.310. The van der Waals surface area contributed by atoms with Crippen LogP contribution in [0.2, 0.25) is 0 Å². The summed E-state index contributed by atoms with van der Waals surface area (Å²) in [5.41, 5.74) is 3.22. The second-order valence-electron chi connectivity index (χ2n) is 8.52. The summed E-state index contributed by atoms with van der Waals surface area (Å²) in [5.74, 6) is -0.543. The molecule has 0 atom stereocenters. The predicted molar refractivity (Wildman–Crippen MR) is 131 cm³/mol. The Morgan fingerprint density at radius 3 is 2.21 bits per heavy atom. The van der Waals surface area contributed by atoms with Crippen molar-refractivity contribution in [3.05, 3.63) is 101 Å². The van der Waals surface area contributed by atoms with Crippen molar-refractivity contribution in [2.45, 2.75) is 32.0 Å². The number of piperidine rings is 1. The summed E-state index contributed by atoms with van der Waals surface area (Å²) in [6.45, 7) is 3.14. The van der Waals surface area contributed by atoms with Crippen molar-refractivity contribution in [1.82, 2.24) is 15.5 Å². The monoisotopic (exact) mass is 460 g/mol. The van der Waals surface area contributed by atoms with Crippen LogP contribution < -0.4 is 16.0 Å². The SMILES string of the molecule is O=C(Nc1ccc(C(=O)NCc2ccc(F)cc2)cc1)NC1CCN(Cc2ccccc2)CC1. The Labute approximate surface area is 199 Å². The first-order chi connectivity index (χ1) is 16.5. The number of likely N-dealkylation sites (tertiary alicyclic amines) is 1. The number of rotatable bonds is 7. The van der Waals surface area contributed by atoms with Gasteiger partial charge in [-0.25, -0.2) is 9.18 Å². The molecule has 0 aliphatic carbocycles. The number of anilines is 1. The van der Waals surface area contributed by atoms with Crippen molar-refractivity contribution in [3.8, 4) is 0 Å². The zero-order chi connectivity index (χ0) is 23.8. The molecule has 3 aromatic rings. The van der Waals surface area contributed by atoms with E-state index in [1.807, 2.05) is 6.07 Å². The van der Waals surface area contributed by atoms with Gasteiger partial charge in [0.2, 0.25) is 0 Å². The van der Waals surface area contributed by atoms with E-state index in [0.29, 0.717) is 17.8 Å². The van der Waals surface area contributed by atoms with E-state index in [1.165, 1.54) is 17.7 Å². The van der Waals surface area contributed by atoms with Gasteiger partial charge in [-0.1, -0.05) is 42.5 Å². The Morgan fingerprint density at radius 2 is 1.53 bits per heavy atom. The zero-order valence-corrected chi connectivity index (χ0v) is 19.0. The molecule has 4 rings (SSSR count). The standard InChI is InChI=1S/C27H29FN4O2/c28-23-10-6-20(7-11-23)18-29-26(33)22-8-12-24(13-9-22)30-27(34)31-25-14-16-32(17-15-25)19-21-4-2-1-3-5-21/h1-13,25H,14-19H2,(H,29,33)(H2,30,31,34). The van der Waals surface area contributed by atoms with Gasteiger partial charge in [0.05, 0.1) is 0 Å². The van der Waals surface area contributed by atoms with Crippen LogP contribution in [-0.2, 0) is 13.1 Å². The lowest BCUT2D eigenvalue weighted by molar-refractivity contribution is 0.0951. The number of hydrogen-bond acceptors (Lipinski definition) is 3. The molecular formula is C27H29FN4O2. The van der Waals surface area contributed by atoms with Gasteiger partial charge in [0.15, 0.2) is 0 Å². The third-order valence-corrected chi connectivity index (χ3v) is 5.94. The van der Waals surface area contributed by atoms with Crippen LogP contribution in [-0.4, -0.2) is 36.0 Å². The van der Waals surface area contributed by atoms with Gasteiger partial charge in [0.1, 0.15) is 5.82 Å². The highest BCUT2D eigenvalue weighted by Gasteiger charge is 2.20. The fourth-order valence-corrected chi connectivity index (χ4v) is 4.02. The van der Waals surface area contributed by atoms with E-state index >= 15 is 0 Å². The van der Waals surface area contributed by atoms with Crippen molar-refractivity contribution < 1.29 is 14.0 Å². The molecule has 0 radical (unpaired) electrons. The van der Waals surface area contributed by atoms with E-state index in [2.05, 4.69) is 45.1 Å². The highest BCUT2D eigenvalue weighted by molar-refractivity contribution is 5.95. The molecule has 1 heterocycles. The Kier molecular flexibility index (Phi) is 7.88. The van der Waals surface area contributed by atoms with Crippen LogP contribution in [0.4, 0.5) is 14.9 Å². The average Bonchev–Trinajstić information content (AvgIpc) is 2.86. The third kappa shape index (κ3) is 6.89. The number of urea groups is 1. The van der Waals surface area contributed by atoms with Crippen LogP contribution in [0.15, 0.2) is 78.9 Å². The van der Waals surface area contributed by atoms with Crippen LogP contribution in [0.5, 0.6) is 0 Å². The van der Waals surface area contributed by atoms with Gasteiger partial charge in [-0.05, 0) is 60.4 Å². The predicted octanol–water partition coefficient (Wildman–Crippen LogP) is 4.54. The van der Waals surface area contributed by atoms with Gasteiger partial charge in [-0.15, -0.1) is 0 Å². The molecule has 3 aromatic carbocycles. The maximum Gasteiger partial charge on any atom is 0.319 e. The van der Waals surface area contributed by atoms with E-state index in [-0.39, 0.29) is 23.8 Å². The quantitative estimate of drug-likeness (QED) is 0.485. The molecule has 1 fully saturated rings. The number of halogens is 1. The van der Waals surface area contributed by atoms with Gasteiger partial charge < -0.3 is 16.0 Å². The van der Waals surface area contributed by atoms with Crippen LogP contribution >= 0.6 is 0 Å². The smallest absolute Gasteiger partial charge is 0.319 e. The van der Waals surface area contributed by atoms with E-state index < -0.39 is 0 Å². The summed E-state index contributed by atoms with van der Waals surface area (Å²) >= 11 is 0. The first kappa shape index (κ1) is 23.4. The van der Waals surface area contributed by atoms with E-state index in [9.17, 15) is 14.0 Å². The van der Waals surface area contributed by atoms with Crippen LogP contribution in [0.25, 0.3) is 0 Å². The molecule has 1 aliphatic rings. The molecule has 1 saturated heterocycles. The molecule has 7 heteroatoms. The summed E-state index contributed by atoms with van der Waals surface area (Å²) in [6, 6.07) is 23.0. The molecule has 34 heavy (non-hydrogen) atoms. The Morgan fingerprint density at radius 1 is 0.853 bits per heavy atom. The summed E-state index contributed by atoms with van der Waals surface area (Å²) in [7, 11) is 0. The van der Waals surface area contributed by atoms with Crippen molar-refractivity contribution in [2.24, 2.45) is 0 Å². The highest BCUT2D eigenvalue weighted by atomic mass is 19.1. The molecule has 3 N–H and O–H groups in total. The van der Waals surface area contributed by atoms with Gasteiger partial charge in [-0.2, -0.15) is 0 Å². The lowest BCUT2D eigenvalue weighted by Gasteiger charge is -2.32. The molecular weight excluding hydrogens is 431 g/mol. The minimum Gasteiger partial charge on any atom is -0.348 e. The first-order valence-electron chi connectivity index (χ1n) is 11.5. The van der Waals surface area contributed by atoms with Crippen LogP contribution in [0.3, 0.4) is 0 Å². The molecule has 0 saturated carbocycles. The largest absolute Gasteiger partial charge is 0.348 e. The molecule has 0 aromatic heterocycles. The fraction of sp³-hybridized carbons (Fsp3) is 0.259. The lowest BCUT2D eigenvalue weighted by Crippen LogP contribution is -2.45. The second-order valence-corrected chi connectivity index (χ2v) is 8.52. The molecule has 0 spiro atoms. The van der Waals surface area contributed by atoms with E-state index in [4.69, 9.17) is 0 Å². The van der Waals surface area contributed by atoms with E-state index in [0.717, 1.165) is 38.0 Å². The van der Waals surface area contributed by atoms with E-state index in [1.54, 1.807) is 36.4 Å². The molecule has 0 bridgehead atoms. The Bertz CT molecular complexity index is 1080. The highest BCUT2D eigenvalue weighted by Crippen LogP contribution is 2.15. The number of benzene rings is 3. The topological polar surface area (TPSA) is 73.5 Å². The molecule has 6 nitrogen and oxygen atoms in total. The summed E-state index contributed by atoms with van der Waals surface area (Å²) in [4.78, 5) is 27.2. The fourth-order valence-electron chi connectivity index (χ4n) is 4.02. The number of nitrogens with zero attached hydrogens (tertiary/aromatic N) is 1.